The molecule has 3 aromatic carbocycles. The number of rotatable bonds is 12. The highest BCUT2D eigenvalue weighted by atomic mass is 35.5. The molecule has 0 saturated carbocycles. The highest BCUT2D eigenvalue weighted by Crippen LogP contribution is 2.26. The normalized spacial score (nSPS) is 12.8. The van der Waals surface area contributed by atoms with Crippen molar-refractivity contribution in [3.8, 4) is 0 Å². The van der Waals surface area contributed by atoms with Crippen molar-refractivity contribution < 1.29 is 22.4 Å². The molecule has 0 aliphatic carbocycles. The van der Waals surface area contributed by atoms with Gasteiger partial charge in [0.05, 0.1) is 11.9 Å². The van der Waals surface area contributed by atoms with Crippen molar-refractivity contribution in [2.24, 2.45) is 0 Å². The summed E-state index contributed by atoms with van der Waals surface area (Å²) in [5.41, 5.74) is 1.85. The molecule has 7 nitrogen and oxygen atoms in total. The van der Waals surface area contributed by atoms with Crippen LogP contribution in [0.4, 0.5) is 10.1 Å². The Kier molecular flexibility index (Phi) is 10.7. The molecular formula is C30H35ClFN3O4S. The summed E-state index contributed by atoms with van der Waals surface area (Å²) in [6.45, 7) is 4.66. The molecule has 1 N–H and O–H groups in total. The molecule has 2 amide bonds. The smallest absolute Gasteiger partial charge is 0.244 e. The number of nitrogens with zero attached hydrogens (tertiary/aromatic N) is 2. The molecule has 0 radical (unpaired) electrons. The number of amides is 2. The van der Waals surface area contributed by atoms with Crippen LogP contribution in [0, 0.1) is 12.7 Å². The zero-order valence-electron chi connectivity index (χ0n) is 23.1. The molecule has 10 heteroatoms. The third-order valence-corrected chi connectivity index (χ3v) is 8.04. The van der Waals surface area contributed by atoms with E-state index in [-0.39, 0.29) is 30.3 Å². The summed E-state index contributed by atoms with van der Waals surface area (Å²) in [5, 5.41) is 3.37. The van der Waals surface area contributed by atoms with Gasteiger partial charge in [-0.1, -0.05) is 67.1 Å². The molecule has 40 heavy (non-hydrogen) atoms. The fraction of sp³-hybridized carbons (Fsp3) is 0.333. The van der Waals surface area contributed by atoms with E-state index >= 15 is 0 Å². The van der Waals surface area contributed by atoms with Crippen LogP contribution in [0.2, 0.25) is 5.02 Å². The Bertz CT molecular complexity index is 1440. The molecule has 0 spiro atoms. The molecule has 0 bridgehead atoms. The van der Waals surface area contributed by atoms with Crippen LogP contribution in [0.3, 0.4) is 0 Å². The van der Waals surface area contributed by atoms with Crippen LogP contribution in [-0.2, 0) is 32.6 Å². The summed E-state index contributed by atoms with van der Waals surface area (Å²) in [5.74, 6) is -1.59. The Hall–Kier alpha value is -3.43. The van der Waals surface area contributed by atoms with Crippen molar-refractivity contribution in [3.63, 3.8) is 0 Å². The van der Waals surface area contributed by atoms with Gasteiger partial charge in [-0.3, -0.25) is 13.9 Å². The lowest BCUT2D eigenvalue weighted by Crippen LogP contribution is -2.54. The summed E-state index contributed by atoms with van der Waals surface area (Å²) in [7, 11) is -3.92. The van der Waals surface area contributed by atoms with Crippen molar-refractivity contribution in [3.05, 3.63) is 100 Å². The number of nitrogens with one attached hydrogen (secondary N) is 1. The van der Waals surface area contributed by atoms with Gasteiger partial charge in [-0.05, 0) is 55.7 Å². The SMILES string of the molecule is CC[C@@H](C)NC(=O)[C@H](Cc1ccccc1)N(Cc1ccccc1F)C(=O)CN(c1ccc(Cl)cc1C)S(C)(=O)=O. The molecule has 3 rings (SSSR count). The van der Waals surface area contributed by atoms with E-state index in [1.165, 1.54) is 23.1 Å². The van der Waals surface area contributed by atoms with Crippen LogP contribution in [-0.4, -0.2) is 50.0 Å². The molecular weight excluding hydrogens is 553 g/mol. The van der Waals surface area contributed by atoms with Crippen LogP contribution in [0.15, 0.2) is 72.8 Å². The third-order valence-electron chi connectivity index (χ3n) is 6.68. The molecule has 0 aromatic heterocycles. The molecule has 0 unspecified atom stereocenters. The topological polar surface area (TPSA) is 86.8 Å². The number of carbonyl (C=O) groups excluding carboxylic acids is 2. The predicted molar refractivity (Wildman–Crippen MR) is 157 cm³/mol. The molecule has 2 atom stereocenters. The zero-order chi connectivity index (χ0) is 29.4. The molecule has 0 heterocycles. The lowest BCUT2D eigenvalue weighted by molar-refractivity contribution is -0.140. The number of benzene rings is 3. The van der Waals surface area contributed by atoms with Gasteiger partial charge in [0.1, 0.15) is 18.4 Å². The summed E-state index contributed by atoms with van der Waals surface area (Å²) >= 11 is 6.08. The fourth-order valence-corrected chi connectivity index (χ4v) is 5.43. The van der Waals surface area contributed by atoms with Gasteiger partial charge in [-0.2, -0.15) is 0 Å². The molecule has 0 aliphatic rings. The lowest BCUT2D eigenvalue weighted by Gasteiger charge is -2.34. The minimum atomic E-state index is -3.92. The number of hydrogen-bond acceptors (Lipinski definition) is 4. The second-order valence-electron chi connectivity index (χ2n) is 9.84. The van der Waals surface area contributed by atoms with Crippen molar-refractivity contribution in [2.45, 2.75) is 52.2 Å². The van der Waals surface area contributed by atoms with Gasteiger partial charge in [0, 0.05) is 29.6 Å². The highest BCUT2D eigenvalue weighted by molar-refractivity contribution is 7.92. The fourth-order valence-electron chi connectivity index (χ4n) is 4.30. The second kappa shape index (κ2) is 13.8. The first-order chi connectivity index (χ1) is 18.9. The number of sulfonamides is 1. The average molecular weight is 588 g/mol. The van der Waals surface area contributed by atoms with Crippen molar-refractivity contribution >= 4 is 39.1 Å². The number of halogens is 2. The van der Waals surface area contributed by atoms with Crippen molar-refractivity contribution in [1.29, 1.82) is 0 Å². The van der Waals surface area contributed by atoms with E-state index in [4.69, 9.17) is 11.6 Å². The van der Waals surface area contributed by atoms with Crippen LogP contribution in [0.5, 0.6) is 0 Å². The van der Waals surface area contributed by atoms with Crippen LogP contribution < -0.4 is 9.62 Å². The minimum Gasteiger partial charge on any atom is -0.352 e. The van der Waals surface area contributed by atoms with E-state index in [2.05, 4.69) is 5.32 Å². The minimum absolute atomic E-state index is 0.155. The number of aryl methyl sites for hydroxylation is 1. The second-order valence-corrected chi connectivity index (χ2v) is 12.2. The highest BCUT2D eigenvalue weighted by Gasteiger charge is 2.34. The average Bonchev–Trinajstić information content (AvgIpc) is 2.90. The summed E-state index contributed by atoms with van der Waals surface area (Å²) in [4.78, 5) is 29.0. The molecule has 0 aliphatic heterocycles. The van der Waals surface area contributed by atoms with Gasteiger partial charge in [0.2, 0.25) is 21.8 Å². The van der Waals surface area contributed by atoms with Gasteiger partial charge >= 0.3 is 0 Å². The van der Waals surface area contributed by atoms with E-state index in [0.29, 0.717) is 17.0 Å². The van der Waals surface area contributed by atoms with Gasteiger partial charge < -0.3 is 10.2 Å². The Morgan fingerprint density at radius 1 is 1.02 bits per heavy atom. The Balaban J connectivity index is 2.09. The van der Waals surface area contributed by atoms with Crippen molar-refractivity contribution in [1.82, 2.24) is 10.2 Å². The first-order valence-corrected chi connectivity index (χ1v) is 15.2. The number of anilines is 1. The Morgan fingerprint density at radius 2 is 1.68 bits per heavy atom. The maximum Gasteiger partial charge on any atom is 0.244 e. The molecule has 0 fully saturated rings. The summed E-state index contributed by atoms with van der Waals surface area (Å²) < 4.78 is 41.6. The van der Waals surface area contributed by atoms with Crippen LogP contribution in [0.25, 0.3) is 0 Å². The summed E-state index contributed by atoms with van der Waals surface area (Å²) in [6, 6.07) is 18.7. The molecule has 214 valence electrons. The monoisotopic (exact) mass is 587 g/mol. The Labute approximate surface area is 241 Å². The van der Waals surface area contributed by atoms with E-state index in [9.17, 15) is 22.4 Å². The zero-order valence-corrected chi connectivity index (χ0v) is 24.7. The van der Waals surface area contributed by atoms with E-state index in [1.807, 2.05) is 44.2 Å². The first kappa shape index (κ1) is 31.1. The van der Waals surface area contributed by atoms with E-state index < -0.39 is 40.2 Å². The number of hydrogen-bond donors (Lipinski definition) is 1. The maximum absolute atomic E-state index is 14.8. The number of carbonyl (C=O) groups is 2. The maximum atomic E-state index is 14.8. The molecule has 3 aromatic rings. The van der Waals surface area contributed by atoms with Gasteiger partial charge in [-0.15, -0.1) is 0 Å². The van der Waals surface area contributed by atoms with Crippen LogP contribution >= 0.6 is 11.6 Å². The predicted octanol–water partition coefficient (Wildman–Crippen LogP) is 5.11. The van der Waals surface area contributed by atoms with Gasteiger partial charge in [0.15, 0.2) is 0 Å². The third kappa shape index (κ3) is 8.29. The van der Waals surface area contributed by atoms with E-state index in [0.717, 1.165) is 16.1 Å². The largest absolute Gasteiger partial charge is 0.352 e. The molecule has 0 saturated heterocycles. The van der Waals surface area contributed by atoms with Gasteiger partial charge in [0.25, 0.3) is 0 Å². The quantitative estimate of drug-likeness (QED) is 0.319. The first-order valence-electron chi connectivity index (χ1n) is 13.0. The Morgan fingerprint density at radius 3 is 2.27 bits per heavy atom. The lowest BCUT2D eigenvalue weighted by atomic mass is 10.0. The summed E-state index contributed by atoms with van der Waals surface area (Å²) in [6.07, 6.45) is 1.83. The standard InChI is InChI=1S/C30H35ClFN3O4S/c1-5-22(3)33-30(37)28(18-23-11-7-6-8-12-23)34(19-24-13-9-10-14-26(24)32)29(36)20-35(40(4,38)39)27-16-15-25(31)17-21(27)2/h6-17,22,28H,5,18-20H2,1-4H3,(H,33,37)/t22-,28+/m1/s1. The van der Waals surface area contributed by atoms with Crippen LogP contribution in [0.1, 0.15) is 37.0 Å². The van der Waals surface area contributed by atoms with Gasteiger partial charge in [-0.25, -0.2) is 12.8 Å². The van der Waals surface area contributed by atoms with Crippen molar-refractivity contribution in [2.75, 3.05) is 17.1 Å². The van der Waals surface area contributed by atoms with E-state index in [1.54, 1.807) is 31.2 Å².